The molecule has 0 heterocycles. The SMILES string of the molecule is COC(=O)CCCC#C/C=C1\C(=O)C(S(C)(=O)=O)=CC1(O)/C=C/C(O)C1CCCCC1. The molecule has 0 aromatic carbocycles. The lowest BCUT2D eigenvalue weighted by Gasteiger charge is -2.25. The Morgan fingerprint density at radius 1 is 1.35 bits per heavy atom. The zero-order chi connectivity index (χ0) is 23.1. The van der Waals surface area contributed by atoms with Gasteiger partial charge in [0, 0.05) is 24.7 Å². The number of rotatable bonds is 7. The van der Waals surface area contributed by atoms with Gasteiger partial charge in [-0.15, -0.1) is 0 Å². The maximum atomic E-state index is 12.7. The number of esters is 1. The van der Waals surface area contributed by atoms with E-state index in [0.717, 1.165) is 44.4 Å². The second kappa shape index (κ2) is 10.9. The molecule has 2 N–H and O–H groups in total. The first kappa shape index (κ1) is 25.1. The summed E-state index contributed by atoms with van der Waals surface area (Å²) in [5.74, 6) is 4.35. The van der Waals surface area contributed by atoms with E-state index < -0.39 is 32.2 Å². The third-order valence-corrected chi connectivity index (χ3v) is 6.66. The highest BCUT2D eigenvalue weighted by Crippen LogP contribution is 2.35. The molecular weight excluding hydrogens is 420 g/mol. The van der Waals surface area contributed by atoms with Crippen LogP contribution in [0.5, 0.6) is 0 Å². The summed E-state index contributed by atoms with van der Waals surface area (Å²) in [4.78, 5) is 23.3. The van der Waals surface area contributed by atoms with Crippen molar-refractivity contribution in [2.75, 3.05) is 13.4 Å². The maximum absolute atomic E-state index is 12.7. The third-order valence-electron chi connectivity index (χ3n) is 5.56. The quantitative estimate of drug-likeness (QED) is 0.200. The Kier molecular flexibility index (Phi) is 8.80. The number of ketones is 1. The first-order valence-corrected chi connectivity index (χ1v) is 12.3. The summed E-state index contributed by atoms with van der Waals surface area (Å²) in [6.07, 6.45) is 11.0. The highest BCUT2D eigenvalue weighted by Gasteiger charge is 2.43. The van der Waals surface area contributed by atoms with Crippen molar-refractivity contribution in [1.29, 1.82) is 0 Å². The van der Waals surface area contributed by atoms with Gasteiger partial charge in [0.25, 0.3) is 0 Å². The summed E-state index contributed by atoms with van der Waals surface area (Å²) in [5, 5.41) is 21.5. The summed E-state index contributed by atoms with van der Waals surface area (Å²) in [5.41, 5.74) is -2.15. The van der Waals surface area contributed by atoms with Crippen molar-refractivity contribution in [3.8, 4) is 11.8 Å². The number of ether oxygens (including phenoxy) is 1. The van der Waals surface area contributed by atoms with Crippen molar-refractivity contribution < 1.29 is 33.0 Å². The number of hydrogen-bond acceptors (Lipinski definition) is 7. The number of aliphatic hydroxyl groups is 2. The minimum absolute atomic E-state index is 0.0751. The molecule has 0 aromatic heterocycles. The highest BCUT2D eigenvalue weighted by molar-refractivity contribution is 7.95. The van der Waals surface area contributed by atoms with Gasteiger partial charge in [-0.2, -0.15) is 0 Å². The van der Waals surface area contributed by atoms with Gasteiger partial charge in [-0.25, -0.2) is 8.42 Å². The zero-order valence-electron chi connectivity index (χ0n) is 18.0. The topological polar surface area (TPSA) is 118 Å². The first-order valence-electron chi connectivity index (χ1n) is 10.4. The number of carbonyl (C=O) groups excluding carboxylic acids is 2. The van der Waals surface area contributed by atoms with Gasteiger partial charge in [-0.05, 0) is 43.4 Å². The molecule has 2 rings (SSSR count). The predicted molar refractivity (Wildman–Crippen MR) is 116 cm³/mol. The summed E-state index contributed by atoms with van der Waals surface area (Å²) in [6.45, 7) is 0. The standard InChI is InChI=1S/C23H30O7S/c1-30-21(25)13-9-4-3-8-12-18-22(26)20(31(2,28)29)16-23(18,27)15-14-19(24)17-10-6-5-7-11-17/h12,14-17,19,24,27H,4-7,9-11,13H2,1-2H3/b15-14+,18-12+. The monoisotopic (exact) mass is 450 g/mol. The van der Waals surface area contributed by atoms with Gasteiger partial charge in [-0.1, -0.05) is 37.2 Å². The minimum Gasteiger partial charge on any atom is -0.469 e. The number of unbranched alkanes of at least 4 members (excludes halogenated alkanes) is 1. The van der Waals surface area contributed by atoms with Crippen LogP contribution >= 0.6 is 0 Å². The van der Waals surface area contributed by atoms with Gasteiger partial charge in [-0.3, -0.25) is 9.59 Å². The van der Waals surface area contributed by atoms with Gasteiger partial charge < -0.3 is 14.9 Å². The Morgan fingerprint density at radius 3 is 2.65 bits per heavy atom. The van der Waals surface area contributed by atoms with Crippen LogP contribution in [0.15, 0.2) is 34.8 Å². The summed E-state index contributed by atoms with van der Waals surface area (Å²) >= 11 is 0. The van der Waals surface area contributed by atoms with Crippen LogP contribution in [0.3, 0.4) is 0 Å². The molecule has 7 nitrogen and oxygen atoms in total. The Bertz CT molecular complexity index is 940. The van der Waals surface area contributed by atoms with Crippen LogP contribution in [0.25, 0.3) is 0 Å². The van der Waals surface area contributed by atoms with Crippen LogP contribution in [0.4, 0.5) is 0 Å². The lowest BCUT2D eigenvalue weighted by molar-refractivity contribution is -0.140. The molecule has 0 amide bonds. The lowest BCUT2D eigenvalue weighted by atomic mass is 9.84. The molecule has 2 atom stereocenters. The fraction of sp³-hybridized carbons (Fsp3) is 0.565. The predicted octanol–water partition coefficient (Wildman–Crippen LogP) is 2.00. The van der Waals surface area contributed by atoms with Crippen LogP contribution in [-0.4, -0.2) is 55.5 Å². The molecule has 1 saturated carbocycles. The number of hydrogen-bond donors (Lipinski definition) is 2. The van der Waals surface area contributed by atoms with Gasteiger partial charge >= 0.3 is 5.97 Å². The van der Waals surface area contributed by atoms with E-state index >= 15 is 0 Å². The Balaban J connectivity index is 2.22. The molecule has 8 heteroatoms. The van der Waals surface area contributed by atoms with Gasteiger partial charge in [0.05, 0.1) is 13.2 Å². The average molecular weight is 451 g/mol. The Morgan fingerprint density at radius 2 is 2.03 bits per heavy atom. The van der Waals surface area contributed by atoms with E-state index in [2.05, 4.69) is 16.6 Å². The van der Waals surface area contributed by atoms with Crippen molar-refractivity contribution in [1.82, 2.24) is 0 Å². The van der Waals surface area contributed by atoms with E-state index in [9.17, 15) is 28.2 Å². The molecule has 2 unspecified atom stereocenters. The molecule has 2 aliphatic rings. The molecule has 0 saturated heterocycles. The maximum Gasteiger partial charge on any atom is 0.305 e. The van der Waals surface area contributed by atoms with Crippen LogP contribution in [0.2, 0.25) is 0 Å². The van der Waals surface area contributed by atoms with E-state index in [-0.39, 0.29) is 23.9 Å². The molecule has 0 aromatic rings. The Labute approximate surface area is 183 Å². The molecular formula is C23H30O7S. The second-order valence-corrected chi connectivity index (χ2v) is 9.98. The number of Topliss-reactive ketones (excluding diaryl/α,β-unsaturated/α-hetero) is 1. The van der Waals surface area contributed by atoms with E-state index in [4.69, 9.17) is 0 Å². The normalized spacial score (nSPS) is 24.7. The number of aliphatic hydroxyl groups excluding tert-OH is 1. The highest BCUT2D eigenvalue weighted by atomic mass is 32.2. The van der Waals surface area contributed by atoms with Crippen molar-refractivity contribution in [3.05, 3.63) is 34.8 Å². The molecule has 170 valence electrons. The Hall–Kier alpha value is -2.21. The van der Waals surface area contributed by atoms with E-state index in [1.165, 1.54) is 25.3 Å². The van der Waals surface area contributed by atoms with Crippen LogP contribution < -0.4 is 0 Å². The summed E-state index contributed by atoms with van der Waals surface area (Å²) in [7, 11) is -2.55. The van der Waals surface area contributed by atoms with Gasteiger partial charge in [0.15, 0.2) is 9.84 Å². The van der Waals surface area contributed by atoms with Crippen LogP contribution in [0.1, 0.15) is 51.4 Å². The van der Waals surface area contributed by atoms with Crippen molar-refractivity contribution >= 4 is 21.6 Å². The molecule has 2 aliphatic carbocycles. The van der Waals surface area contributed by atoms with Gasteiger partial charge in [0.1, 0.15) is 10.5 Å². The molecule has 1 fully saturated rings. The molecule has 0 bridgehead atoms. The fourth-order valence-corrected chi connectivity index (χ4v) is 4.59. The van der Waals surface area contributed by atoms with Crippen LogP contribution in [0, 0.1) is 17.8 Å². The number of allylic oxidation sites excluding steroid dienone is 2. The van der Waals surface area contributed by atoms with E-state index in [1.807, 2.05) is 0 Å². The smallest absolute Gasteiger partial charge is 0.305 e. The number of carbonyl (C=O) groups is 2. The van der Waals surface area contributed by atoms with Crippen molar-refractivity contribution in [3.63, 3.8) is 0 Å². The molecule has 0 aliphatic heterocycles. The molecule has 0 spiro atoms. The van der Waals surface area contributed by atoms with Gasteiger partial charge in [0.2, 0.25) is 5.78 Å². The molecule has 31 heavy (non-hydrogen) atoms. The van der Waals surface area contributed by atoms with E-state index in [1.54, 1.807) is 0 Å². The first-order chi connectivity index (χ1) is 14.6. The molecule has 0 radical (unpaired) electrons. The number of sulfone groups is 1. The van der Waals surface area contributed by atoms with Crippen molar-refractivity contribution in [2.45, 2.75) is 63.1 Å². The summed E-state index contributed by atoms with van der Waals surface area (Å²) in [6, 6.07) is 0. The third kappa shape index (κ3) is 6.89. The summed E-state index contributed by atoms with van der Waals surface area (Å²) < 4.78 is 28.5. The van der Waals surface area contributed by atoms with Crippen LogP contribution in [-0.2, 0) is 24.2 Å². The zero-order valence-corrected chi connectivity index (χ0v) is 18.8. The lowest BCUT2D eigenvalue weighted by Crippen LogP contribution is -2.27. The fourth-order valence-electron chi connectivity index (χ4n) is 3.75. The minimum atomic E-state index is -3.85. The second-order valence-electron chi connectivity index (χ2n) is 7.99. The average Bonchev–Trinajstić information content (AvgIpc) is 3.00. The van der Waals surface area contributed by atoms with E-state index in [0.29, 0.717) is 12.8 Å². The largest absolute Gasteiger partial charge is 0.469 e. The number of methoxy groups -OCH3 is 1. The van der Waals surface area contributed by atoms with Crippen molar-refractivity contribution in [2.24, 2.45) is 5.92 Å².